The predicted molar refractivity (Wildman–Crippen MR) is 164 cm³/mol. The minimum Gasteiger partial charge on any atom is -0.460 e. The number of rotatable bonds is 13. The fraction of sp³-hybridized carbons (Fsp3) is 0.559. The van der Waals surface area contributed by atoms with E-state index in [4.69, 9.17) is 18.9 Å². The second-order valence-corrected chi connectivity index (χ2v) is 12.0. The molecule has 43 heavy (non-hydrogen) atoms. The fourth-order valence-corrected chi connectivity index (χ4v) is 5.79. The molecular formula is C34H46N2O7. The Balaban J connectivity index is 1.16. The molecule has 0 saturated carbocycles. The third kappa shape index (κ3) is 9.03. The Hall–Kier alpha value is -3.43. The first kappa shape index (κ1) is 32.5. The number of hydrogen-bond donors (Lipinski definition) is 0. The summed E-state index contributed by atoms with van der Waals surface area (Å²) in [6.45, 7) is 10.7. The molecule has 9 nitrogen and oxygen atoms in total. The molecular weight excluding hydrogens is 548 g/mol. The molecule has 0 radical (unpaired) electrons. The van der Waals surface area contributed by atoms with Crippen molar-refractivity contribution >= 4 is 18.0 Å². The molecule has 9 heteroatoms. The zero-order chi connectivity index (χ0) is 30.8. The van der Waals surface area contributed by atoms with E-state index in [1.807, 2.05) is 56.9 Å². The van der Waals surface area contributed by atoms with Crippen molar-refractivity contribution in [1.29, 1.82) is 0 Å². The highest BCUT2D eigenvalue weighted by atomic mass is 16.6. The van der Waals surface area contributed by atoms with E-state index in [0.29, 0.717) is 65.3 Å². The quantitative estimate of drug-likeness (QED) is 0.226. The van der Waals surface area contributed by atoms with Gasteiger partial charge in [0.05, 0.1) is 32.8 Å². The molecule has 0 bridgehead atoms. The van der Waals surface area contributed by atoms with Crippen LogP contribution in [0.15, 0.2) is 48.5 Å². The highest BCUT2D eigenvalue weighted by Gasteiger charge is 2.32. The Kier molecular flexibility index (Phi) is 11.6. The predicted octanol–water partition coefficient (Wildman–Crippen LogP) is 5.40. The van der Waals surface area contributed by atoms with Crippen LogP contribution in [0.2, 0.25) is 0 Å². The van der Waals surface area contributed by atoms with Gasteiger partial charge in [0.1, 0.15) is 12.2 Å². The van der Waals surface area contributed by atoms with Crippen LogP contribution in [0.5, 0.6) is 0 Å². The lowest BCUT2D eigenvalue weighted by molar-refractivity contribution is -0.156. The molecule has 0 atom stereocenters. The van der Waals surface area contributed by atoms with Gasteiger partial charge in [-0.05, 0) is 55.9 Å². The van der Waals surface area contributed by atoms with Crippen LogP contribution in [0.4, 0.5) is 4.79 Å². The highest BCUT2D eigenvalue weighted by molar-refractivity contribution is 5.79. The number of likely N-dealkylation sites (tertiary alicyclic amines) is 1. The summed E-state index contributed by atoms with van der Waals surface area (Å²) in [7, 11) is 0. The fourth-order valence-electron chi connectivity index (χ4n) is 5.79. The number of piperidine rings is 1. The van der Waals surface area contributed by atoms with E-state index in [-0.39, 0.29) is 43.0 Å². The molecule has 1 aliphatic heterocycles. The Morgan fingerprint density at radius 3 is 2.02 bits per heavy atom. The summed E-state index contributed by atoms with van der Waals surface area (Å²) >= 11 is 0. The molecule has 234 valence electrons. The SMILES string of the molecule is CCC(=O)N(CCOCCOCCC(=O)OC(C)(C)C)C1CCN(C(=O)OCC2c3ccccc3-c3ccccc32)CC1. The number of carbonyl (C=O) groups excluding carboxylic acids is 3. The number of nitrogens with zero attached hydrogens (tertiary/aromatic N) is 2. The highest BCUT2D eigenvalue weighted by Crippen LogP contribution is 2.44. The van der Waals surface area contributed by atoms with Gasteiger partial charge in [0.2, 0.25) is 5.91 Å². The Bertz CT molecular complexity index is 1190. The van der Waals surface area contributed by atoms with E-state index < -0.39 is 5.60 Å². The van der Waals surface area contributed by atoms with Gasteiger partial charge in [-0.1, -0.05) is 55.5 Å². The largest absolute Gasteiger partial charge is 0.460 e. The van der Waals surface area contributed by atoms with Gasteiger partial charge in [-0.2, -0.15) is 0 Å². The average molecular weight is 595 g/mol. The Morgan fingerprint density at radius 2 is 1.44 bits per heavy atom. The summed E-state index contributed by atoms with van der Waals surface area (Å²) < 4.78 is 22.3. The topological polar surface area (TPSA) is 94.6 Å². The number of benzene rings is 2. The van der Waals surface area contributed by atoms with Crippen LogP contribution >= 0.6 is 0 Å². The van der Waals surface area contributed by atoms with Gasteiger partial charge in [-0.25, -0.2) is 4.79 Å². The lowest BCUT2D eigenvalue weighted by Crippen LogP contribution is -2.49. The summed E-state index contributed by atoms with van der Waals surface area (Å²) in [5.74, 6) is -0.175. The maximum Gasteiger partial charge on any atom is 0.409 e. The second-order valence-electron chi connectivity index (χ2n) is 12.0. The lowest BCUT2D eigenvalue weighted by Gasteiger charge is -2.38. The molecule has 2 aliphatic rings. The van der Waals surface area contributed by atoms with Gasteiger partial charge >= 0.3 is 12.1 Å². The lowest BCUT2D eigenvalue weighted by atomic mass is 9.98. The molecule has 0 spiro atoms. The summed E-state index contributed by atoms with van der Waals surface area (Å²) in [4.78, 5) is 41.1. The molecule has 4 rings (SSSR count). The molecule has 1 aliphatic carbocycles. The molecule has 2 amide bonds. The van der Waals surface area contributed by atoms with Crippen LogP contribution in [-0.2, 0) is 28.5 Å². The van der Waals surface area contributed by atoms with E-state index in [0.717, 1.165) is 0 Å². The van der Waals surface area contributed by atoms with Gasteiger partial charge in [0.25, 0.3) is 0 Å². The number of amides is 2. The monoisotopic (exact) mass is 594 g/mol. The zero-order valence-electron chi connectivity index (χ0n) is 26.0. The summed E-state index contributed by atoms with van der Waals surface area (Å²) in [6.07, 6.45) is 1.71. The molecule has 1 heterocycles. The second kappa shape index (κ2) is 15.3. The zero-order valence-corrected chi connectivity index (χ0v) is 26.0. The van der Waals surface area contributed by atoms with Crippen molar-refractivity contribution in [1.82, 2.24) is 9.80 Å². The Labute approximate surface area is 255 Å². The number of hydrogen-bond acceptors (Lipinski definition) is 7. The molecule has 0 aromatic heterocycles. The van der Waals surface area contributed by atoms with E-state index in [1.165, 1.54) is 22.3 Å². The van der Waals surface area contributed by atoms with Crippen molar-refractivity contribution < 1.29 is 33.3 Å². The minimum absolute atomic E-state index is 0.0296. The first-order valence-corrected chi connectivity index (χ1v) is 15.4. The summed E-state index contributed by atoms with van der Waals surface area (Å²) in [6, 6.07) is 16.7. The molecule has 1 fully saturated rings. The number of carbonyl (C=O) groups is 3. The van der Waals surface area contributed by atoms with Gasteiger partial charge in [-0.3, -0.25) is 9.59 Å². The van der Waals surface area contributed by atoms with Crippen LogP contribution in [0, 0.1) is 0 Å². The molecule has 2 aromatic rings. The molecule has 1 saturated heterocycles. The normalized spacial score (nSPS) is 15.1. The van der Waals surface area contributed by atoms with Gasteiger partial charge in [0, 0.05) is 38.0 Å². The first-order valence-electron chi connectivity index (χ1n) is 15.4. The van der Waals surface area contributed by atoms with Crippen molar-refractivity contribution in [3.8, 4) is 11.1 Å². The van der Waals surface area contributed by atoms with Crippen LogP contribution in [-0.4, -0.2) is 92.1 Å². The van der Waals surface area contributed by atoms with Crippen molar-refractivity contribution in [3.05, 3.63) is 59.7 Å². The number of esters is 1. The van der Waals surface area contributed by atoms with Gasteiger partial charge in [0.15, 0.2) is 0 Å². The number of ether oxygens (including phenoxy) is 4. The van der Waals surface area contributed by atoms with Crippen LogP contribution < -0.4 is 0 Å². The van der Waals surface area contributed by atoms with Crippen LogP contribution in [0.25, 0.3) is 11.1 Å². The maximum atomic E-state index is 13.0. The third-order valence-corrected chi connectivity index (χ3v) is 7.84. The number of fused-ring (bicyclic) bond motifs is 3. The van der Waals surface area contributed by atoms with E-state index >= 15 is 0 Å². The standard InChI is InChI=1S/C34H46N2O7/c1-5-31(37)36(19-21-41-23-22-40-20-16-32(38)43-34(2,3)4)25-14-17-35(18-15-25)33(39)42-24-30-28-12-8-6-10-26(28)27-11-7-9-13-29(27)30/h6-13,25,30H,5,14-24H2,1-4H3. The van der Waals surface area contributed by atoms with E-state index in [9.17, 15) is 14.4 Å². The minimum atomic E-state index is -0.502. The van der Waals surface area contributed by atoms with Crippen molar-refractivity contribution in [2.24, 2.45) is 0 Å². The first-order chi connectivity index (χ1) is 20.7. The van der Waals surface area contributed by atoms with Crippen LogP contribution in [0.3, 0.4) is 0 Å². The van der Waals surface area contributed by atoms with Crippen molar-refractivity contribution in [3.63, 3.8) is 0 Å². The summed E-state index contributed by atoms with van der Waals surface area (Å²) in [5, 5.41) is 0. The third-order valence-electron chi connectivity index (χ3n) is 7.84. The Morgan fingerprint density at radius 1 is 0.860 bits per heavy atom. The molecule has 0 N–H and O–H groups in total. The molecule has 0 unspecified atom stereocenters. The van der Waals surface area contributed by atoms with Gasteiger partial charge < -0.3 is 28.7 Å². The molecule has 2 aromatic carbocycles. The van der Waals surface area contributed by atoms with E-state index in [1.54, 1.807) is 4.90 Å². The average Bonchev–Trinajstić information content (AvgIpc) is 3.31. The van der Waals surface area contributed by atoms with E-state index in [2.05, 4.69) is 24.3 Å². The smallest absolute Gasteiger partial charge is 0.409 e. The summed E-state index contributed by atoms with van der Waals surface area (Å²) in [5.41, 5.74) is 4.29. The van der Waals surface area contributed by atoms with Gasteiger partial charge in [-0.15, -0.1) is 0 Å². The maximum absolute atomic E-state index is 13.0. The van der Waals surface area contributed by atoms with Crippen molar-refractivity contribution in [2.75, 3.05) is 52.7 Å². The van der Waals surface area contributed by atoms with Crippen molar-refractivity contribution in [2.45, 2.75) is 70.9 Å². The van der Waals surface area contributed by atoms with Crippen LogP contribution in [0.1, 0.15) is 70.4 Å².